The number of hydrogen-bond donors (Lipinski definition) is 1. The van der Waals surface area contributed by atoms with E-state index in [2.05, 4.69) is 31.5 Å². The molecular weight excluding hydrogens is 462 g/mol. The Labute approximate surface area is 185 Å². The highest BCUT2D eigenvalue weighted by atomic mass is 79.9. The van der Waals surface area contributed by atoms with Gasteiger partial charge in [0.25, 0.3) is 5.91 Å². The van der Waals surface area contributed by atoms with Crippen molar-refractivity contribution in [3.05, 3.63) is 93.3 Å². The van der Waals surface area contributed by atoms with Gasteiger partial charge in [-0.05, 0) is 72.8 Å². The molecule has 0 unspecified atom stereocenters. The van der Waals surface area contributed by atoms with E-state index in [4.69, 9.17) is 9.15 Å². The molecular formula is C23H16BrN3O4. The van der Waals surface area contributed by atoms with Crippen LogP contribution in [0.3, 0.4) is 0 Å². The number of rotatable bonds is 5. The predicted octanol–water partition coefficient (Wildman–Crippen LogP) is 6.23. The molecule has 154 valence electrons. The van der Waals surface area contributed by atoms with E-state index in [-0.39, 0.29) is 5.56 Å². The Morgan fingerprint density at radius 2 is 1.61 bits per heavy atom. The van der Waals surface area contributed by atoms with Gasteiger partial charge in [0.2, 0.25) is 0 Å². The Morgan fingerprint density at radius 3 is 2.32 bits per heavy atom. The lowest BCUT2D eigenvalue weighted by Gasteiger charge is -2.06. The van der Waals surface area contributed by atoms with Gasteiger partial charge in [0.1, 0.15) is 16.9 Å². The van der Waals surface area contributed by atoms with Crippen LogP contribution in [0.25, 0.3) is 11.0 Å². The lowest BCUT2D eigenvalue weighted by atomic mass is 10.1. The number of hydrogen-bond acceptors (Lipinski definition) is 6. The summed E-state index contributed by atoms with van der Waals surface area (Å²) in [5.41, 5.74) is 1.32. The summed E-state index contributed by atoms with van der Waals surface area (Å²) in [4.78, 5) is 24.9. The van der Waals surface area contributed by atoms with Gasteiger partial charge < -0.3 is 14.5 Å². The van der Waals surface area contributed by atoms with Crippen molar-refractivity contribution in [2.24, 2.45) is 10.2 Å². The first-order chi connectivity index (χ1) is 15.0. The Morgan fingerprint density at radius 1 is 0.935 bits per heavy atom. The maximum Gasteiger partial charge on any atom is 0.349 e. The summed E-state index contributed by atoms with van der Waals surface area (Å²) in [5.74, 6) is 0.0933. The van der Waals surface area contributed by atoms with Crippen molar-refractivity contribution in [2.45, 2.75) is 0 Å². The number of azo groups is 1. The number of benzene rings is 3. The second-order valence-electron chi connectivity index (χ2n) is 6.53. The molecule has 0 aliphatic heterocycles. The Balaban J connectivity index is 1.60. The second-order valence-corrected chi connectivity index (χ2v) is 7.44. The molecule has 0 saturated heterocycles. The fourth-order valence-electron chi connectivity index (χ4n) is 2.83. The Bertz CT molecular complexity index is 1330. The number of anilines is 1. The summed E-state index contributed by atoms with van der Waals surface area (Å²) in [6, 6.07) is 20.7. The van der Waals surface area contributed by atoms with Gasteiger partial charge in [-0.2, -0.15) is 10.2 Å². The molecule has 0 atom stereocenters. The van der Waals surface area contributed by atoms with Crippen LogP contribution in [-0.2, 0) is 0 Å². The van der Waals surface area contributed by atoms with Gasteiger partial charge in [0, 0.05) is 15.5 Å². The highest BCUT2D eigenvalue weighted by molar-refractivity contribution is 9.10. The van der Waals surface area contributed by atoms with Crippen molar-refractivity contribution in [1.82, 2.24) is 0 Å². The molecule has 1 amide bonds. The van der Waals surface area contributed by atoms with E-state index in [0.717, 1.165) is 4.47 Å². The summed E-state index contributed by atoms with van der Waals surface area (Å²) in [5, 5.41) is 11.6. The first kappa shape index (κ1) is 20.5. The number of halogens is 1. The predicted molar refractivity (Wildman–Crippen MR) is 122 cm³/mol. The van der Waals surface area contributed by atoms with Crippen LogP contribution in [-0.4, -0.2) is 13.0 Å². The number of ether oxygens (including phenoxy) is 1. The average molecular weight is 478 g/mol. The lowest BCUT2D eigenvalue weighted by molar-refractivity contribution is 0.102. The van der Waals surface area contributed by atoms with E-state index in [9.17, 15) is 9.59 Å². The third-order valence-electron chi connectivity index (χ3n) is 4.42. The fourth-order valence-corrected chi connectivity index (χ4v) is 3.09. The van der Waals surface area contributed by atoms with E-state index < -0.39 is 11.5 Å². The maximum absolute atomic E-state index is 12.6. The van der Waals surface area contributed by atoms with E-state index >= 15 is 0 Å². The standard InChI is InChI=1S/C23H16BrN3O4/c1-30-19-9-6-16(7-10-19)25-22(28)20-13-14-12-18(8-11-21(14)31-23(20)29)27-26-17-4-2-15(24)3-5-17/h2-13H,1H3,(H,25,28). The second kappa shape index (κ2) is 8.93. The molecule has 1 aromatic heterocycles. The van der Waals surface area contributed by atoms with Crippen molar-refractivity contribution >= 4 is 49.9 Å². The minimum absolute atomic E-state index is 0.106. The molecule has 8 heteroatoms. The Kier molecular flexibility index (Phi) is 5.90. The van der Waals surface area contributed by atoms with E-state index in [0.29, 0.717) is 33.8 Å². The molecule has 0 fully saturated rings. The van der Waals surface area contributed by atoms with E-state index in [1.54, 1.807) is 49.6 Å². The molecule has 31 heavy (non-hydrogen) atoms. The monoisotopic (exact) mass is 477 g/mol. The van der Waals surface area contributed by atoms with Crippen LogP contribution in [0.1, 0.15) is 10.4 Å². The molecule has 0 aliphatic carbocycles. The van der Waals surface area contributed by atoms with Crippen LogP contribution in [0.15, 0.2) is 96.7 Å². The number of amides is 1. The minimum atomic E-state index is -0.720. The summed E-state index contributed by atoms with van der Waals surface area (Å²) >= 11 is 3.37. The molecule has 0 bridgehead atoms. The van der Waals surface area contributed by atoms with E-state index in [1.165, 1.54) is 6.07 Å². The van der Waals surface area contributed by atoms with Crippen LogP contribution in [0.4, 0.5) is 17.1 Å². The lowest BCUT2D eigenvalue weighted by Crippen LogP contribution is -2.20. The quantitative estimate of drug-likeness (QED) is 0.272. The van der Waals surface area contributed by atoms with Gasteiger partial charge in [-0.15, -0.1) is 0 Å². The normalized spacial score (nSPS) is 11.0. The van der Waals surface area contributed by atoms with Crippen LogP contribution < -0.4 is 15.7 Å². The first-order valence-corrected chi connectivity index (χ1v) is 10.0. The number of methoxy groups -OCH3 is 1. The number of nitrogens with zero attached hydrogens (tertiary/aromatic N) is 2. The number of fused-ring (bicyclic) bond motifs is 1. The molecule has 0 radical (unpaired) electrons. The van der Waals surface area contributed by atoms with Crippen LogP contribution >= 0.6 is 15.9 Å². The summed E-state index contributed by atoms with van der Waals surface area (Å²) < 4.78 is 11.4. The van der Waals surface area contributed by atoms with Gasteiger partial charge in [-0.3, -0.25) is 4.79 Å². The van der Waals surface area contributed by atoms with Crippen LogP contribution in [0.5, 0.6) is 5.75 Å². The minimum Gasteiger partial charge on any atom is -0.497 e. The van der Waals surface area contributed by atoms with Crippen molar-refractivity contribution < 1.29 is 13.9 Å². The zero-order valence-electron chi connectivity index (χ0n) is 16.3. The van der Waals surface area contributed by atoms with E-state index in [1.807, 2.05) is 24.3 Å². The van der Waals surface area contributed by atoms with Crippen molar-refractivity contribution in [2.75, 3.05) is 12.4 Å². The van der Waals surface area contributed by atoms with Gasteiger partial charge in [0.15, 0.2) is 0 Å². The fraction of sp³-hybridized carbons (Fsp3) is 0.0435. The number of nitrogens with one attached hydrogen (secondary N) is 1. The van der Waals surface area contributed by atoms with Crippen LogP contribution in [0, 0.1) is 0 Å². The molecule has 4 rings (SSSR count). The molecule has 0 saturated carbocycles. The molecule has 7 nitrogen and oxygen atoms in total. The van der Waals surface area contributed by atoms with Crippen molar-refractivity contribution in [3.8, 4) is 5.75 Å². The summed E-state index contributed by atoms with van der Waals surface area (Å²) in [6.45, 7) is 0. The third kappa shape index (κ3) is 4.87. The molecule has 1 N–H and O–H groups in total. The van der Waals surface area contributed by atoms with Crippen molar-refractivity contribution in [3.63, 3.8) is 0 Å². The molecule has 1 heterocycles. The van der Waals surface area contributed by atoms with Gasteiger partial charge >= 0.3 is 5.63 Å². The third-order valence-corrected chi connectivity index (χ3v) is 4.94. The van der Waals surface area contributed by atoms with Crippen molar-refractivity contribution in [1.29, 1.82) is 0 Å². The summed E-state index contributed by atoms with van der Waals surface area (Å²) in [7, 11) is 1.56. The number of carbonyl (C=O) groups is 1. The molecule has 0 aliphatic rings. The average Bonchev–Trinajstić information content (AvgIpc) is 2.78. The van der Waals surface area contributed by atoms with Gasteiger partial charge in [-0.1, -0.05) is 15.9 Å². The molecule has 4 aromatic rings. The van der Waals surface area contributed by atoms with Crippen LogP contribution in [0.2, 0.25) is 0 Å². The van der Waals surface area contributed by atoms with Gasteiger partial charge in [0.05, 0.1) is 18.5 Å². The highest BCUT2D eigenvalue weighted by Crippen LogP contribution is 2.24. The first-order valence-electron chi connectivity index (χ1n) is 9.22. The Hall–Kier alpha value is -3.78. The topological polar surface area (TPSA) is 93.3 Å². The van der Waals surface area contributed by atoms with Gasteiger partial charge in [-0.25, -0.2) is 4.79 Å². The SMILES string of the molecule is COc1ccc(NC(=O)c2cc3cc(N=Nc4ccc(Br)cc4)ccc3oc2=O)cc1. The molecule has 0 spiro atoms. The smallest absolute Gasteiger partial charge is 0.349 e. The zero-order chi connectivity index (χ0) is 21.8. The largest absolute Gasteiger partial charge is 0.497 e. The maximum atomic E-state index is 12.6. The zero-order valence-corrected chi connectivity index (χ0v) is 17.9. The summed E-state index contributed by atoms with van der Waals surface area (Å²) in [6.07, 6.45) is 0. The number of carbonyl (C=O) groups excluding carboxylic acids is 1. The highest BCUT2D eigenvalue weighted by Gasteiger charge is 2.14. The molecule has 3 aromatic carbocycles.